The minimum Gasteiger partial charge on any atom is -0.379 e. The average Bonchev–Trinajstić information content (AvgIpc) is 2.06. The molecule has 0 saturated carbocycles. The quantitative estimate of drug-likeness (QED) is 0.665. The van der Waals surface area contributed by atoms with Crippen molar-refractivity contribution >= 4 is 17.7 Å². The van der Waals surface area contributed by atoms with Gasteiger partial charge in [0.2, 0.25) is 5.91 Å². The number of nitrogens with one attached hydrogen (secondary N) is 1. The average molecular weight is 232 g/mol. The summed E-state index contributed by atoms with van der Waals surface area (Å²) in [5, 5.41) is 3.79. The van der Waals surface area contributed by atoms with E-state index in [9.17, 15) is 4.79 Å². The van der Waals surface area contributed by atoms with Crippen molar-refractivity contribution in [3.8, 4) is 0 Å². The highest BCUT2D eigenvalue weighted by Crippen LogP contribution is 2.20. The number of carbonyl (C=O) groups is 1. The highest BCUT2D eigenvalue weighted by atomic mass is 32.2. The summed E-state index contributed by atoms with van der Waals surface area (Å²) < 4.78 is 5.08. The van der Waals surface area contributed by atoms with Crippen molar-refractivity contribution in [2.24, 2.45) is 5.73 Å². The van der Waals surface area contributed by atoms with E-state index in [1.807, 2.05) is 25.6 Å². The third kappa shape index (κ3) is 4.86. The summed E-state index contributed by atoms with van der Waals surface area (Å²) in [5.74, 6) is 0.704. The van der Waals surface area contributed by atoms with Crippen molar-refractivity contribution in [2.75, 3.05) is 19.0 Å². The summed E-state index contributed by atoms with van der Waals surface area (Å²) in [5.41, 5.74) is 5.31. The Morgan fingerprint density at radius 2 is 2.27 bits per heavy atom. The number of primary amides is 1. The van der Waals surface area contributed by atoms with Crippen LogP contribution in [0.5, 0.6) is 0 Å². The lowest BCUT2D eigenvalue weighted by atomic mass is 10.2. The molecule has 1 amide bonds. The summed E-state index contributed by atoms with van der Waals surface area (Å²) in [4.78, 5) is 11.1. The molecule has 1 fully saturated rings. The zero-order valence-electron chi connectivity index (χ0n) is 9.36. The maximum Gasteiger partial charge on any atom is 0.234 e. The van der Waals surface area contributed by atoms with Crippen LogP contribution in [0.25, 0.3) is 0 Å². The molecule has 0 aliphatic carbocycles. The lowest BCUT2D eigenvalue weighted by molar-refractivity contribution is -0.120. The highest BCUT2D eigenvalue weighted by molar-refractivity contribution is 8.00. The number of hydrogen-bond donors (Lipinski definition) is 2. The first-order valence-corrected chi connectivity index (χ1v) is 6.39. The van der Waals surface area contributed by atoms with E-state index >= 15 is 0 Å². The first-order valence-electron chi connectivity index (χ1n) is 5.34. The molecule has 88 valence electrons. The number of ether oxygens (including phenoxy) is 1. The van der Waals surface area contributed by atoms with Crippen LogP contribution in [-0.2, 0) is 9.53 Å². The second kappa shape index (κ2) is 6.35. The van der Waals surface area contributed by atoms with Gasteiger partial charge in [0, 0.05) is 6.04 Å². The van der Waals surface area contributed by atoms with Crippen molar-refractivity contribution in [1.29, 1.82) is 0 Å². The van der Waals surface area contributed by atoms with Crippen LogP contribution in [0.3, 0.4) is 0 Å². The van der Waals surface area contributed by atoms with Crippen molar-refractivity contribution in [1.82, 2.24) is 5.32 Å². The fraction of sp³-hybridized carbons (Fsp3) is 0.900. The molecule has 0 aromatic heterocycles. The molecule has 0 bridgehead atoms. The van der Waals surface area contributed by atoms with Gasteiger partial charge < -0.3 is 15.8 Å². The predicted octanol–water partition coefficient (Wildman–Crippen LogP) is 0.360. The SMILES string of the molecule is CC(C)NC(CCSC1COC1)C(N)=O. The normalized spacial score (nSPS) is 18.9. The van der Waals surface area contributed by atoms with Crippen LogP contribution in [0.1, 0.15) is 20.3 Å². The topological polar surface area (TPSA) is 64.3 Å². The third-order valence-corrected chi connectivity index (χ3v) is 3.46. The molecule has 1 rings (SSSR count). The Hall–Kier alpha value is -0.260. The van der Waals surface area contributed by atoms with Gasteiger partial charge in [0.25, 0.3) is 0 Å². The van der Waals surface area contributed by atoms with Crippen LogP contribution in [0.2, 0.25) is 0 Å². The minimum absolute atomic E-state index is 0.196. The number of carbonyl (C=O) groups excluding carboxylic acids is 1. The maximum absolute atomic E-state index is 11.1. The number of nitrogens with two attached hydrogens (primary N) is 1. The molecule has 1 aliphatic heterocycles. The zero-order chi connectivity index (χ0) is 11.3. The van der Waals surface area contributed by atoms with Gasteiger partial charge in [0.05, 0.1) is 24.5 Å². The van der Waals surface area contributed by atoms with Crippen molar-refractivity contribution in [3.63, 3.8) is 0 Å². The largest absolute Gasteiger partial charge is 0.379 e. The van der Waals surface area contributed by atoms with Gasteiger partial charge in [-0.15, -0.1) is 0 Å². The third-order valence-electron chi connectivity index (χ3n) is 2.25. The molecular weight excluding hydrogens is 212 g/mol. The molecule has 1 aliphatic rings. The maximum atomic E-state index is 11.1. The summed E-state index contributed by atoms with van der Waals surface area (Å²) in [6.07, 6.45) is 0.800. The van der Waals surface area contributed by atoms with Crippen LogP contribution in [0.15, 0.2) is 0 Å². The van der Waals surface area contributed by atoms with Gasteiger partial charge in [-0.2, -0.15) is 11.8 Å². The Kier molecular flexibility index (Phi) is 5.42. The van der Waals surface area contributed by atoms with E-state index in [0.717, 1.165) is 25.4 Å². The minimum atomic E-state index is -0.255. The van der Waals surface area contributed by atoms with E-state index in [1.165, 1.54) is 0 Å². The molecule has 1 unspecified atom stereocenters. The van der Waals surface area contributed by atoms with Crippen LogP contribution in [0.4, 0.5) is 0 Å². The molecule has 0 aromatic carbocycles. The molecule has 15 heavy (non-hydrogen) atoms. The van der Waals surface area contributed by atoms with Crippen molar-refractivity contribution in [3.05, 3.63) is 0 Å². The second-order valence-electron chi connectivity index (χ2n) is 4.10. The number of thioether (sulfide) groups is 1. The van der Waals surface area contributed by atoms with Gasteiger partial charge in [-0.05, 0) is 12.2 Å². The molecule has 0 spiro atoms. The van der Waals surface area contributed by atoms with Crippen molar-refractivity contribution in [2.45, 2.75) is 37.6 Å². The monoisotopic (exact) mass is 232 g/mol. The fourth-order valence-electron chi connectivity index (χ4n) is 1.37. The summed E-state index contributed by atoms with van der Waals surface area (Å²) in [7, 11) is 0. The standard InChI is InChI=1S/C10H20N2O2S/c1-7(2)12-9(10(11)13)3-4-15-8-5-14-6-8/h7-9,12H,3-6H2,1-2H3,(H2,11,13). The van der Waals surface area contributed by atoms with Gasteiger partial charge in [0.1, 0.15) is 0 Å². The Balaban J connectivity index is 2.15. The molecule has 0 aromatic rings. The summed E-state index contributed by atoms with van der Waals surface area (Å²) >= 11 is 1.86. The number of rotatable bonds is 7. The lowest BCUT2D eigenvalue weighted by Gasteiger charge is -2.26. The Morgan fingerprint density at radius 3 is 2.67 bits per heavy atom. The van der Waals surface area contributed by atoms with E-state index in [1.54, 1.807) is 0 Å². The lowest BCUT2D eigenvalue weighted by Crippen LogP contribution is -2.45. The van der Waals surface area contributed by atoms with E-state index < -0.39 is 0 Å². The molecule has 5 heteroatoms. The van der Waals surface area contributed by atoms with E-state index in [0.29, 0.717) is 11.3 Å². The van der Waals surface area contributed by atoms with Crippen molar-refractivity contribution < 1.29 is 9.53 Å². The Labute approximate surface area is 95.3 Å². The van der Waals surface area contributed by atoms with Crippen LogP contribution >= 0.6 is 11.8 Å². The molecule has 3 N–H and O–H groups in total. The number of hydrogen-bond acceptors (Lipinski definition) is 4. The first kappa shape index (κ1) is 12.8. The van der Waals surface area contributed by atoms with Gasteiger partial charge in [0.15, 0.2) is 0 Å². The molecule has 1 heterocycles. The number of amides is 1. The molecule has 1 atom stereocenters. The van der Waals surface area contributed by atoms with Crippen LogP contribution < -0.4 is 11.1 Å². The zero-order valence-corrected chi connectivity index (χ0v) is 10.2. The van der Waals surface area contributed by atoms with E-state index in [-0.39, 0.29) is 11.9 Å². The molecule has 0 radical (unpaired) electrons. The van der Waals surface area contributed by atoms with E-state index in [2.05, 4.69) is 5.32 Å². The van der Waals surface area contributed by atoms with Crippen LogP contribution in [0, 0.1) is 0 Å². The molecule has 4 nitrogen and oxygen atoms in total. The Morgan fingerprint density at radius 1 is 1.60 bits per heavy atom. The fourth-order valence-corrected chi connectivity index (χ4v) is 2.46. The summed E-state index contributed by atoms with van der Waals surface area (Å²) in [6, 6.07) is 0.0954. The molecule has 1 saturated heterocycles. The molecular formula is C10H20N2O2S. The first-order chi connectivity index (χ1) is 7.09. The smallest absolute Gasteiger partial charge is 0.234 e. The highest BCUT2D eigenvalue weighted by Gasteiger charge is 2.20. The second-order valence-corrected chi connectivity index (χ2v) is 5.50. The van der Waals surface area contributed by atoms with Gasteiger partial charge in [-0.1, -0.05) is 13.8 Å². The van der Waals surface area contributed by atoms with Gasteiger partial charge in [-0.25, -0.2) is 0 Å². The van der Waals surface area contributed by atoms with Crippen LogP contribution in [-0.4, -0.2) is 42.2 Å². The summed E-state index contributed by atoms with van der Waals surface area (Å²) in [6.45, 7) is 5.73. The van der Waals surface area contributed by atoms with Gasteiger partial charge >= 0.3 is 0 Å². The Bertz CT molecular complexity index is 208. The van der Waals surface area contributed by atoms with E-state index in [4.69, 9.17) is 10.5 Å². The predicted molar refractivity (Wildman–Crippen MR) is 62.9 cm³/mol. The van der Waals surface area contributed by atoms with Gasteiger partial charge in [-0.3, -0.25) is 4.79 Å².